The zero-order chi connectivity index (χ0) is 21.7. The summed E-state index contributed by atoms with van der Waals surface area (Å²) >= 11 is 0. The maximum atomic E-state index is 12.5. The summed E-state index contributed by atoms with van der Waals surface area (Å²) in [6.07, 6.45) is 11.6. The van der Waals surface area contributed by atoms with E-state index in [2.05, 4.69) is 40.2 Å². The van der Waals surface area contributed by atoms with Crippen LogP contribution in [0.15, 0.2) is 18.2 Å². The van der Waals surface area contributed by atoms with Crippen molar-refractivity contribution in [2.45, 2.75) is 77.2 Å². The smallest absolute Gasteiger partial charge is 0.311 e. The van der Waals surface area contributed by atoms with Gasteiger partial charge in [0.15, 0.2) is 0 Å². The summed E-state index contributed by atoms with van der Waals surface area (Å²) < 4.78 is 5.17. The zero-order valence-electron chi connectivity index (χ0n) is 19.6. The second-order valence-electron chi connectivity index (χ2n) is 9.97. The number of aryl methyl sites for hydroxylation is 1. The molecular formula is C26H41N3O2. The number of anilines is 2. The summed E-state index contributed by atoms with van der Waals surface area (Å²) in [5.74, 6) is -0.0154. The van der Waals surface area contributed by atoms with Crippen LogP contribution in [0.2, 0.25) is 0 Å². The van der Waals surface area contributed by atoms with Gasteiger partial charge in [-0.3, -0.25) is 4.79 Å². The fourth-order valence-corrected chi connectivity index (χ4v) is 6.08. The Labute approximate surface area is 188 Å². The number of benzene rings is 1. The van der Waals surface area contributed by atoms with Crippen molar-refractivity contribution in [1.82, 2.24) is 4.90 Å². The highest BCUT2D eigenvalue weighted by molar-refractivity contribution is 5.77. The van der Waals surface area contributed by atoms with Gasteiger partial charge in [-0.15, -0.1) is 0 Å². The SMILES string of the molecule is COC(=O)C1(CCNc2ccc(N3CCC(N4CCCC4)CC3)cc2C)CCCCC1. The van der Waals surface area contributed by atoms with E-state index >= 15 is 0 Å². The number of ether oxygens (including phenoxy) is 1. The molecule has 4 rings (SSSR count). The Kier molecular flexibility index (Phi) is 7.42. The normalized spacial score (nSPS) is 22.5. The largest absolute Gasteiger partial charge is 0.469 e. The molecule has 5 nitrogen and oxygen atoms in total. The molecule has 172 valence electrons. The van der Waals surface area contributed by atoms with Crippen molar-refractivity contribution in [3.63, 3.8) is 0 Å². The van der Waals surface area contributed by atoms with E-state index in [4.69, 9.17) is 4.74 Å². The molecule has 1 aromatic carbocycles. The monoisotopic (exact) mass is 427 g/mol. The predicted molar refractivity (Wildman–Crippen MR) is 128 cm³/mol. The first-order valence-corrected chi connectivity index (χ1v) is 12.5. The van der Waals surface area contributed by atoms with Crippen LogP contribution in [-0.4, -0.2) is 56.7 Å². The number of carbonyl (C=O) groups is 1. The summed E-state index contributed by atoms with van der Waals surface area (Å²) in [5, 5.41) is 3.61. The van der Waals surface area contributed by atoms with Gasteiger partial charge >= 0.3 is 5.97 Å². The molecule has 3 fully saturated rings. The maximum Gasteiger partial charge on any atom is 0.311 e. The summed E-state index contributed by atoms with van der Waals surface area (Å²) in [6.45, 7) is 7.95. The van der Waals surface area contributed by atoms with Crippen molar-refractivity contribution in [2.75, 3.05) is 50.1 Å². The quantitative estimate of drug-likeness (QED) is 0.622. The van der Waals surface area contributed by atoms with E-state index < -0.39 is 0 Å². The summed E-state index contributed by atoms with van der Waals surface area (Å²) in [7, 11) is 1.53. The standard InChI is InChI=1S/C26H41N3O2/c1-21-20-23(29-18-10-22(11-19-29)28-16-6-7-17-28)8-9-24(21)27-15-14-26(25(30)31-2)12-4-3-5-13-26/h8-9,20,22,27H,3-7,10-19H2,1-2H3. The van der Waals surface area contributed by atoms with Gasteiger partial charge in [0.2, 0.25) is 0 Å². The molecule has 0 atom stereocenters. The third kappa shape index (κ3) is 5.19. The molecule has 5 heteroatoms. The predicted octanol–water partition coefficient (Wildman–Crippen LogP) is 4.99. The lowest BCUT2D eigenvalue weighted by Crippen LogP contribution is -2.43. The molecule has 2 aliphatic heterocycles. The number of likely N-dealkylation sites (tertiary alicyclic amines) is 1. The molecule has 31 heavy (non-hydrogen) atoms. The lowest BCUT2D eigenvalue weighted by molar-refractivity contribution is -0.155. The van der Waals surface area contributed by atoms with Crippen molar-refractivity contribution < 1.29 is 9.53 Å². The lowest BCUT2D eigenvalue weighted by Gasteiger charge is -2.38. The molecule has 1 aliphatic carbocycles. The number of hydrogen-bond acceptors (Lipinski definition) is 5. The number of nitrogens with one attached hydrogen (secondary N) is 1. The van der Waals surface area contributed by atoms with Gasteiger partial charge in [-0.05, 0) is 88.7 Å². The van der Waals surface area contributed by atoms with Gasteiger partial charge in [0.1, 0.15) is 0 Å². The molecule has 0 aromatic heterocycles. The second kappa shape index (κ2) is 10.2. The van der Waals surface area contributed by atoms with Gasteiger partial charge in [0, 0.05) is 37.1 Å². The van der Waals surface area contributed by atoms with Gasteiger partial charge in [0.05, 0.1) is 12.5 Å². The van der Waals surface area contributed by atoms with Crippen LogP contribution in [-0.2, 0) is 9.53 Å². The first kappa shape index (κ1) is 22.4. The van der Waals surface area contributed by atoms with E-state index in [1.165, 1.54) is 69.2 Å². The Bertz CT molecular complexity index is 730. The first-order chi connectivity index (χ1) is 15.1. The molecule has 1 N–H and O–H groups in total. The Morgan fingerprint density at radius 3 is 2.42 bits per heavy atom. The molecule has 3 aliphatic rings. The minimum Gasteiger partial charge on any atom is -0.469 e. The third-order valence-corrected chi connectivity index (χ3v) is 8.04. The van der Waals surface area contributed by atoms with Crippen molar-refractivity contribution in [2.24, 2.45) is 5.41 Å². The van der Waals surface area contributed by atoms with E-state index in [0.717, 1.165) is 57.8 Å². The average Bonchev–Trinajstić information content (AvgIpc) is 3.35. The van der Waals surface area contributed by atoms with E-state index in [-0.39, 0.29) is 11.4 Å². The van der Waals surface area contributed by atoms with Crippen LogP contribution in [0.1, 0.15) is 69.8 Å². The van der Waals surface area contributed by atoms with Crippen molar-refractivity contribution in [3.8, 4) is 0 Å². The molecule has 2 saturated heterocycles. The van der Waals surface area contributed by atoms with Gasteiger partial charge < -0.3 is 19.9 Å². The zero-order valence-corrected chi connectivity index (χ0v) is 19.6. The highest BCUT2D eigenvalue weighted by Crippen LogP contribution is 2.40. The van der Waals surface area contributed by atoms with Crippen LogP contribution in [0.25, 0.3) is 0 Å². The van der Waals surface area contributed by atoms with E-state index in [1.54, 1.807) is 0 Å². The molecule has 1 saturated carbocycles. The average molecular weight is 428 g/mol. The minimum atomic E-state index is -0.284. The molecule has 0 bridgehead atoms. The number of nitrogens with zero attached hydrogens (tertiary/aromatic N) is 2. The lowest BCUT2D eigenvalue weighted by atomic mass is 9.72. The minimum absolute atomic E-state index is 0.0154. The second-order valence-corrected chi connectivity index (χ2v) is 9.97. The molecule has 0 radical (unpaired) electrons. The van der Waals surface area contributed by atoms with Crippen LogP contribution in [0.5, 0.6) is 0 Å². The van der Waals surface area contributed by atoms with Crippen LogP contribution < -0.4 is 10.2 Å². The molecular weight excluding hydrogens is 386 g/mol. The molecule has 0 spiro atoms. The van der Waals surface area contributed by atoms with Gasteiger partial charge in [0.25, 0.3) is 0 Å². The van der Waals surface area contributed by atoms with E-state index in [1.807, 2.05) is 0 Å². The number of carbonyl (C=O) groups excluding carboxylic acids is 1. The van der Waals surface area contributed by atoms with Gasteiger partial charge in [-0.2, -0.15) is 0 Å². The van der Waals surface area contributed by atoms with Crippen molar-refractivity contribution in [3.05, 3.63) is 23.8 Å². The third-order valence-electron chi connectivity index (χ3n) is 8.04. The van der Waals surface area contributed by atoms with Gasteiger partial charge in [-0.25, -0.2) is 0 Å². The highest BCUT2D eigenvalue weighted by Gasteiger charge is 2.40. The van der Waals surface area contributed by atoms with Crippen LogP contribution in [0, 0.1) is 12.3 Å². The van der Waals surface area contributed by atoms with Crippen LogP contribution in [0.3, 0.4) is 0 Å². The van der Waals surface area contributed by atoms with Gasteiger partial charge in [-0.1, -0.05) is 19.3 Å². The van der Waals surface area contributed by atoms with E-state index in [9.17, 15) is 4.79 Å². The summed E-state index contributed by atoms with van der Waals surface area (Å²) in [6, 6.07) is 7.61. The molecule has 0 amide bonds. The number of rotatable bonds is 7. The Morgan fingerprint density at radius 2 is 1.77 bits per heavy atom. The Balaban J connectivity index is 1.30. The molecule has 2 heterocycles. The fraction of sp³-hybridized carbons (Fsp3) is 0.731. The Morgan fingerprint density at radius 1 is 1.06 bits per heavy atom. The maximum absolute atomic E-state index is 12.5. The summed E-state index contributed by atoms with van der Waals surface area (Å²) in [5.41, 5.74) is 3.54. The number of hydrogen-bond donors (Lipinski definition) is 1. The van der Waals surface area contributed by atoms with Crippen LogP contribution in [0.4, 0.5) is 11.4 Å². The highest BCUT2D eigenvalue weighted by atomic mass is 16.5. The summed E-state index contributed by atoms with van der Waals surface area (Å²) in [4.78, 5) is 17.7. The molecule has 0 unspecified atom stereocenters. The fourth-order valence-electron chi connectivity index (χ4n) is 6.08. The van der Waals surface area contributed by atoms with E-state index in [0.29, 0.717) is 0 Å². The van der Waals surface area contributed by atoms with Crippen molar-refractivity contribution >= 4 is 17.3 Å². The Hall–Kier alpha value is -1.75. The molecule has 1 aromatic rings. The number of piperidine rings is 1. The topological polar surface area (TPSA) is 44.8 Å². The number of methoxy groups -OCH3 is 1. The van der Waals surface area contributed by atoms with Crippen molar-refractivity contribution in [1.29, 1.82) is 0 Å². The first-order valence-electron chi connectivity index (χ1n) is 12.5. The van der Waals surface area contributed by atoms with Crippen LogP contribution >= 0.6 is 0 Å². The number of esters is 1.